The second-order valence-corrected chi connectivity index (χ2v) is 9.92. The second-order valence-electron chi connectivity index (χ2n) is 8.58. The van der Waals surface area contributed by atoms with Gasteiger partial charge in [0.2, 0.25) is 0 Å². The molecule has 1 atom stereocenters. The first-order chi connectivity index (χ1) is 18.4. The molecule has 3 heterocycles. The van der Waals surface area contributed by atoms with Crippen LogP contribution in [-0.4, -0.2) is 32.7 Å². The fraction of sp³-hybridized carbons (Fsp3) is 0.148. The van der Waals surface area contributed by atoms with Crippen LogP contribution in [0.4, 0.5) is 20.4 Å². The van der Waals surface area contributed by atoms with E-state index >= 15 is 0 Å². The Kier molecular flexibility index (Phi) is 7.15. The molecule has 0 saturated carbocycles. The Hall–Kier alpha value is -4.56. The summed E-state index contributed by atoms with van der Waals surface area (Å²) < 4.78 is 26.7. The number of nitriles is 1. The zero-order valence-electron chi connectivity index (χ0n) is 19.9. The van der Waals surface area contributed by atoms with Crippen molar-refractivity contribution in [3.63, 3.8) is 0 Å². The number of pyridine rings is 1. The number of rotatable bonds is 7. The molecule has 1 aliphatic rings. The molecule has 1 amide bonds. The maximum Gasteiger partial charge on any atom is 0.255 e. The van der Waals surface area contributed by atoms with E-state index < -0.39 is 17.5 Å². The average molecular weight is 530 g/mol. The Morgan fingerprint density at radius 2 is 2.00 bits per heavy atom. The molecular formula is C27H21F2N7OS. The number of fused-ring (bicyclic) bond motifs is 1. The fourth-order valence-corrected chi connectivity index (χ4v) is 5.21. The molecule has 5 rings (SSSR count). The van der Waals surface area contributed by atoms with Crippen LogP contribution in [0.1, 0.15) is 33.5 Å². The molecule has 4 N–H and O–H groups in total. The third-order valence-corrected chi connectivity index (χ3v) is 7.35. The minimum Gasteiger partial charge on any atom is -0.383 e. The number of halogens is 2. The Morgan fingerprint density at radius 1 is 1.13 bits per heavy atom. The summed E-state index contributed by atoms with van der Waals surface area (Å²) in [6, 6.07) is 12.8. The number of thioether (sulfide) groups is 1. The zero-order chi connectivity index (χ0) is 26.6. The van der Waals surface area contributed by atoms with Gasteiger partial charge in [-0.25, -0.2) is 23.7 Å². The van der Waals surface area contributed by atoms with Crippen molar-refractivity contribution >= 4 is 45.1 Å². The lowest BCUT2D eigenvalue weighted by Crippen LogP contribution is -2.25. The molecule has 0 spiro atoms. The highest BCUT2D eigenvalue weighted by Crippen LogP contribution is 2.40. The number of hydrogen-bond donors (Lipinski definition) is 3. The highest BCUT2D eigenvalue weighted by molar-refractivity contribution is 8.09. The molecule has 11 heteroatoms. The van der Waals surface area contributed by atoms with Crippen molar-refractivity contribution in [2.24, 2.45) is 0 Å². The first-order valence-electron chi connectivity index (χ1n) is 11.6. The second kappa shape index (κ2) is 10.8. The largest absolute Gasteiger partial charge is 0.383 e. The van der Waals surface area contributed by atoms with Gasteiger partial charge in [0.05, 0.1) is 16.6 Å². The summed E-state index contributed by atoms with van der Waals surface area (Å²) in [5, 5.41) is 16.2. The van der Waals surface area contributed by atoms with Gasteiger partial charge in [-0.1, -0.05) is 18.2 Å². The van der Waals surface area contributed by atoms with Crippen LogP contribution >= 0.6 is 11.8 Å². The molecule has 0 fully saturated rings. The monoisotopic (exact) mass is 529 g/mol. The van der Waals surface area contributed by atoms with E-state index in [9.17, 15) is 18.8 Å². The van der Waals surface area contributed by atoms with E-state index in [0.717, 1.165) is 39.9 Å². The number of nitrogens with two attached hydrogens (primary N) is 1. The van der Waals surface area contributed by atoms with Crippen molar-refractivity contribution in [1.82, 2.24) is 20.3 Å². The standard InChI is InChI=1S/C27H21F2N7OS/c28-21-4-1-15(8-22(21)29)11-34-27(37)20-7-16(10-30)12-32-26(20)33-13-18-3-6-24(38-18)17-2-5-23-19(9-17)25(31)36-14-35-23/h1-2,4-9,12,14,18H,3,11,13H2,(H,32,33)(H,34,37)(H2,31,35,36). The quantitative estimate of drug-likeness (QED) is 0.316. The Labute approximate surface area is 221 Å². The maximum atomic E-state index is 13.5. The molecular weight excluding hydrogens is 508 g/mol. The van der Waals surface area contributed by atoms with Crippen molar-refractivity contribution in [2.45, 2.75) is 18.2 Å². The smallest absolute Gasteiger partial charge is 0.255 e. The fourth-order valence-electron chi connectivity index (χ4n) is 4.03. The van der Waals surface area contributed by atoms with E-state index in [4.69, 9.17) is 5.73 Å². The van der Waals surface area contributed by atoms with Crippen LogP contribution in [0.5, 0.6) is 0 Å². The predicted molar refractivity (Wildman–Crippen MR) is 143 cm³/mol. The third kappa shape index (κ3) is 5.40. The highest BCUT2D eigenvalue weighted by Gasteiger charge is 2.21. The number of hydrogen-bond acceptors (Lipinski definition) is 8. The van der Waals surface area contributed by atoms with E-state index in [1.165, 1.54) is 24.7 Å². The first-order valence-corrected chi connectivity index (χ1v) is 12.5. The maximum absolute atomic E-state index is 13.5. The minimum absolute atomic E-state index is 0.0146. The van der Waals surface area contributed by atoms with Gasteiger partial charge in [-0.05, 0) is 47.9 Å². The molecule has 8 nitrogen and oxygen atoms in total. The van der Waals surface area contributed by atoms with E-state index in [1.54, 1.807) is 11.8 Å². The lowest BCUT2D eigenvalue weighted by Gasteiger charge is -2.15. The molecule has 2 aromatic carbocycles. The summed E-state index contributed by atoms with van der Waals surface area (Å²) in [5.74, 6) is -1.68. The highest BCUT2D eigenvalue weighted by atomic mass is 32.2. The van der Waals surface area contributed by atoms with Gasteiger partial charge in [0.1, 0.15) is 24.0 Å². The van der Waals surface area contributed by atoms with Crippen LogP contribution in [0.15, 0.2) is 61.1 Å². The lowest BCUT2D eigenvalue weighted by atomic mass is 10.1. The van der Waals surface area contributed by atoms with Crippen molar-refractivity contribution in [3.05, 3.63) is 95.0 Å². The van der Waals surface area contributed by atoms with Gasteiger partial charge >= 0.3 is 0 Å². The number of nitrogen functional groups attached to an aromatic ring is 1. The summed E-state index contributed by atoms with van der Waals surface area (Å²) in [5.41, 5.74) is 8.64. The number of nitrogens with zero attached hydrogens (tertiary/aromatic N) is 4. The number of amides is 1. The first kappa shape index (κ1) is 25.1. The van der Waals surface area contributed by atoms with E-state index in [1.807, 2.05) is 24.3 Å². The number of anilines is 2. The van der Waals surface area contributed by atoms with E-state index in [0.29, 0.717) is 23.7 Å². The van der Waals surface area contributed by atoms with Crippen molar-refractivity contribution in [3.8, 4) is 6.07 Å². The van der Waals surface area contributed by atoms with Crippen LogP contribution in [0.25, 0.3) is 15.8 Å². The molecule has 4 aromatic rings. The lowest BCUT2D eigenvalue weighted by molar-refractivity contribution is 0.0951. The summed E-state index contributed by atoms with van der Waals surface area (Å²) in [6.45, 7) is 0.505. The molecule has 0 aliphatic carbocycles. The summed E-state index contributed by atoms with van der Waals surface area (Å²) in [7, 11) is 0. The number of benzene rings is 2. The number of allylic oxidation sites excluding steroid dienone is 1. The molecule has 0 bridgehead atoms. The summed E-state index contributed by atoms with van der Waals surface area (Å²) >= 11 is 1.70. The van der Waals surface area contributed by atoms with Crippen LogP contribution in [0.3, 0.4) is 0 Å². The summed E-state index contributed by atoms with van der Waals surface area (Å²) in [6.07, 6.45) is 5.79. The molecule has 190 valence electrons. The molecule has 0 radical (unpaired) electrons. The number of aromatic nitrogens is 3. The molecule has 2 aromatic heterocycles. The Balaban J connectivity index is 1.24. The molecule has 1 unspecified atom stereocenters. The van der Waals surface area contributed by atoms with Crippen LogP contribution < -0.4 is 16.4 Å². The van der Waals surface area contributed by atoms with Gasteiger partial charge < -0.3 is 16.4 Å². The predicted octanol–water partition coefficient (Wildman–Crippen LogP) is 4.65. The normalized spacial score (nSPS) is 14.7. The van der Waals surface area contributed by atoms with Gasteiger partial charge in [-0.2, -0.15) is 5.26 Å². The third-order valence-electron chi connectivity index (χ3n) is 6.01. The molecule has 38 heavy (non-hydrogen) atoms. The van der Waals surface area contributed by atoms with Gasteiger partial charge in [0.25, 0.3) is 5.91 Å². The van der Waals surface area contributed by atoms with E-state index in [2.05, 4.69) is 31.7 Å². The van der Waals surface area contributed by atoms with Crippen molar-refractivity contribution in [1.29, 1.82) is 5.26 Å². The zero-order valence-corrected chi connectivity index (χ0v) is 20.7. The van der Waals surface area contributed by atoms with Gasteiger partial charge in [-0.3, -0.25) is 4.79 Å². The Bertz CT molecular complexity index is 1620. The van der Waals surface area contributed by atoms with Crippen molar-refractivity contribution < 1.29 is 13.6 Å². The number of nitrogens with one attached hydrogen (secondary N) is 2. The van der Waals surface area contributed by atoms with Gasteiger partial charge in [0, 0.05) is 34.8 Å². The SMILES string of the molecule is N#Cc1cnc(NCC2CC=C(c3ccc4ncnc(N)c4c3)S2)c(C(=O)NCc2ccc(F)c(F)c2)c1. The van der Waals surface area contributed by atoms with E-state index in [-0.39, 0.29) is 22.9 Å². The van der Waals surface area contributed by atoms with Crippen LogP contribution in [-0.2, 0) is 6.54 Å². The molecule has 1 aliphatic heterocycles. The number of carbonyl (C=O) groups is 1. The van der Waals surface area contributed by atoms with Crippen LogP contribution in [0, 0.1) is 23.0 Å². The summed E-state index contributed by atoms with van der Waals surface area (Å²) in [4.78, 5) is 26.6. The van der Waals surface area contributed by atoms with Crippen LogP contribution in [0.2, 0.25) is 0 Å². The molecule has 0 saturated heterocycles. The Morgan fingerprint density at radius 3 is 2.82 bits per heavy atom. The average Bonchev–Trinajstić information content (AvgIpc) is 3.41. The number of carbonyl (C=O) groups excluding carboxylic acids is 1. The van der Waals surface area contributed by atoms with Gasteiger partial charge in [-0.15, -0.1) is 11.8 Å². The van der Waals surface area contributed by atoms with Crippen molar-refractivity contribution in [2.75, 3.05) is 17.6 Å². The minimum atomic E-state index is -0.991. The topological polar surface area (TPSA) is 130 Å². The van der Waals surface area contributed by atoms with Gasteiger partial charge in [0.15, 0.2) is 11.6 Å².